The van der Waals surface area contributed by atoms with Crippen molar-refractivity contribution in [1.82, 2.24) is 5.16 Å². The van der Waals surface area contributed by atoms with Crippen LogP contribution in [0, 0.1) is 13.8 Å². The number of rotatable bonds is 3. The number of nitrogens with zero attached hydrogens (tertiary/aromatic N) is 1. The van der Waals surface area contributed by atoms with Crippen molar-refractivity contribution in [3.05, 3.63) is 11.5 Å². The van der Waals surface area contributed by atoms with Crippen LogP contribution in [-0.4, -0.2) is 18.8 Å². The van der Waals surface area contributed by atoms with Crippen LogP contribution in [0.1, 0.15) is 11.5 Å². The van der Waals surface area contributed by atoms with Crippen molar-refractivity contribution in [2.75, 3.05) is 0 Å². The smallest absolute Gasteiger partial charge is 0.820 e. The summed E-state index contributed by atoms with van der Waals surface area (Å²) >= 11 is 0. The number of hydrogen-bond donors (Lipinski definition) is 0. The Morgan fingerprint density at radius 2 is 1.94 bits per heavy atom. The quantitative estimate of drug-likeness (QED) is 0.566. The first-order chi connectivity index (χ1) is 6.79. The minimum atomic E-state index is -5.04. The molecule has 5 nitrogen and oxygen atoms in total. The van der Waals surface area contributed by atoms with E-state index in [-0.39, 0.29) is 68.6 Å². The molecule has 0 fully saturated rings. The largest absolute Gasteiger partial charge is 1.00 e. The molecule has 0 radical (unpaired) electrons. The molecule has 1 aromatic rings. The first kappa shape index (κ1) is 16.4. The molecular formula is C6H6BF3KNO4. The third-order valence-corrected chi connectivity index (χ3v) is 1.41. The molecule has 0 aromatic carbocycles. The standard InChI is InChI=1S/C6H6BF3NO4.K/c1-3-5(4(2)14-11-3)13-7(12)15-6(8,9)10;/h1-2H3;/q-1;+1. The molecule has 10 heteroatoms. The second-order valence-corrected chi connectivity index (χ2v) is 2.62. The molecule has 0 amide bonds. The van der Waals surface area contributed by atoms with Crippen LogP contribution in [0.4, 0.5) is 13.2 Å². The van der Waals surface area contributed by atoms with Crippen LogP contribution in [0.15, 0.2) is 4.52 Å². The zero-order valence-electron chi connectivity index (χ0n) is 8.79. The maximum absolute atomic E-state index is 11.6. The Morgan fingerprint density at radius 3 is 2.31 bits per heavy atom. The third kappa shape index (κ3) is 5.17. The topological polar surface area (TPSA) is 67.6 Å². The molecule has 0 aliphatic rings. The normalized spacial score (nSPS) is 10.9. The van der Waals surface area contributed by atoms with Gasteiger partial charge >= 0.3 is 65.1 Å². The maximum Gasteiger partial charge on any atom is 1.00 e. The van der Waals surface area contributed by atoms with E-state index in [0.717, 1.165) is 0 Å². The van der Waals surface area contributed by atoms with Gasteiger partial charge in [0, 0.05) is 6.92 Å². The van der Waals surface area contributed by atoms with Crippen molar-refractivity contribution in [2.24, 2.45) is 0 Å². The van der Waals surface area contributed by atoms with Gasteiger partial charge in [0.1, 0.15) is 5.69 Å². The van der Waals surface area contributed by atoms with Crippen LogP contribution in [0.25, 0.3) is 0 Å². The monoisotopic (exact) mass is 263 g/mol. The molecule has 84 valence electrons. The van der Waals surface area contributed by atoms with E-state index < -0.39 is 13.7 Å². The van der Waals surface area contributed by atoms with E-state index >= 15 is 0 Å². The number of aromatic nitrogens is 1. The Morgan fingerprint density at radius 1 is 1.38 bits per heavy atom. The van der Waals surface area contributed by atoms with Crippen molar-refractivity contribution >= 4 is 7.32 Å². The Bertz CT molecular complexity index is 326. The van der Waals surface area contributed by atoms with Gasteiger partial charge < -0.3 is 18.9 Å². The van der Waals surface area contributed by atoms with E-state index in [1.54, 1.807) is 0 Å². The van der Waals surface area contributed by atoms with Crippen LogP contribution in [0.5, 0.6) is 5.75 Å². The zero-order valence-corrected chi connectivity index (χ0v) is 11.9. The molecule has 0 N–H and O–H groups in total. The van der Waals surface area contributed by atoms with Gasteiger partial charge in [-0.2, -0.15) is 0 Å². The van der Waals surface area contributed by atoms with E-state index in [0.29, 0.717) is 0 Å². The Balaban J connectivity index is 0.00000225. The fraction of sp³-hybridized carbons (Fsp3) is 0.500. The van der Waals surface area contributed by atoms with E-state index in [2.05, 4.69) is 19.0 Å². The molecule has 1 rings (SSSR count). The molecule has 0 aliphatic heterocycles. The predicted molar refractivity (Wildman–Crippen MR) is 39.5 cm³/mol. The molecule has 1 heterocycles. The predicted octanol–water partition coefficient (Wildman–Crippen LogP) is -2.44. The minimum absolute atomic E-state index is 0. The summed E-state index contributed by atoms with van der Waals surface area (Å²) < 4.78 is 46.8. The Hall–Kier alpha value is 0.421. The first-order valence-corrected chi connectivity index (χ1v) is 3.79. The van der Waals surface area contributed by atoms with Crippen LogP contribution in [0.2, 0.25) is 0 Å². The third-order valence-electron chi connectivity index (χ3n) is 1.41. The number of hydrogen-bond acceptors (Lipinski definition) is 5. The van der Waals surface area contributed by atoms with Gasteiger partial charge in [-0.05, 0) is 6.92 Å². The van der Waals surface area contributed by atoms with Gasteiger partial charge in [-0.25, -0.2) is 0 Å². The minimum Gasteiger partial charge on any atom is -0.820 e. The molecule has 0 unspecified atom stereocenters. The number of aryl methyl sites for hydroxylation is 2. The zero-order chi connectivity index (χ0) is 11.6. The molecular weight excluding hydrogens is 257 g/mol. The van der Waals surface area contributed by atoms with Gasteiger partial charge in [-0.3, -0.25) is 0 Å². The second-order valence-electron chi connectivity index (χ2n) is 2.62. The average molecular weight is 263 g/mol. The summed E-state index contributed by atoms with van der Waals surface area (Å²) in [4.78, 5) is 0. The molecule has 0 saturated heterocycles. The summed E-state index contributed by atoms with van der Waals surface area (Å²) in [5.74, 6) is -0.0293. The average Bonchev–Trinajstić information content (AvgIpc) is 2.32. The van der Waals surface area contributed by atoms with Gasteiger partial charge in [0.2, 0.25) is 0 Å². The Labute approximate surface area is 132 Å². The van der Waals surface area contributed by atoms with E-state index in [4.69, 9.17) is 0 Å². The summed E-state index contributed by atoms with van der Waals surface area (Å²) in [6.07, 6.45) is -5.04. The number of alkyl halides is 3. The van der Waals surface area contributed by atoms with Crippen molar-refractivity contribution in [3.63, 3.8) is 0 Å². The van der Waals surface area contributed by atoms with Crippen LogP contribution < -0.4 is 61.1 Å². The molecule has 0 spiro atoms. The summed E-state index contributed by atoms with van der Waals surface area (Å²) in [5.41, 5.74) is 0.180. The molecule has 0 aliphatic carbocycles. The molecule has 1 aromatic heterocycles. The Kier molecular flexibility index (Phi) is 6.55. The van der Waals surface area contributed by atoms with Crippen molar-refractivity contribution in [2.45, 2.75) is 20.2 Å². The van der Waals surface area contributed by atoms with E-state index in [1.807, 2.05) is 0 Å². The summed E-state index contributed by atoms with van der Waals surface area (Å²) in [7, 11) is -2.69. The van der Waals surface area contributed by atoms with Gasteiger partial charge in [0.05, 0.1) is 0 Å². The van der Waals surface area contributed by atoms with Gasteiger partial charge in [0.15, 0.2) is 11.5 Å². The van der Waals surface area contributed by atoms with Crippen molar-refractivity contribution < 1.29 is 83.4 Å². The maximum atomic E-state index is 11.6. The van der Waals surface area contributed by atoms with Crippen molar-refractivity contribution in [3.8, 4) is 5.75 Å². The van der Waals surface area contributed by atoms with Gasteiger partial charge in [0.25, 0.3) is 0 Å². The second kappa shape index (κ2) is 6.38. The molecule has 0 bridgehead atoms. The molecule has 16 heavy (non-hydrogen) atoms. The number of halogens is 3. The SMILES string of the molecule is Cc1noc(C)c1OB([O-])OC(F)(F)F.[K+]. The van der Waals surface area contributed by atoms with Crippen molar-refractivity contribution in [1.29, 1.82) is 0 Å². The van der Waals surface area contributed by atoms with Crippen LogP contribution >= 0.6 is 0 Å². The summed E-state index contributed by atoms with van der Waals surface area (Å²) in [5, 5.41) is 14.1. The van der Waals surface area contributed by atoms with Gasteiger partial charge in [-0.15, -0.1) is 13.2 Å². The van der Waals surface area contributed by atoms with E-state index in [1.165, 1.54) is 13.8 Å². The van der Waals surface area contributed by atoms with Gasteiger partial charge in [-0.1, -0.05) is 5.16 Å². The molecule has 0 atom stereocenters. The molecule has 0 saturated carbocycles. The fourth-order valence-corrected chi connectivity index (χ4v) is 0.872. The van der Waals surface area contributed by atoms with Crippen LogP contribution in [-0.2, 0) is 4.65 Å². The van der Waals surface area contributed by atoms with Crippen LogP contribution in [0.3, 0.4) is 0 Å². The fourth-order valence-electron chi connectivity index (χ4n) is 0.872. The van der Waals surface area contributed by atoms with E-state index in [9.17, 15) is 18.2 Å². The summed E-state index contributed by atoms with van der Waals surface area (Å²) in [6.45, 7) is 2.82. The first-order valence-electron chi connectivity index (χ1n) is 3.79. The summed E-state index contributed by atoms with van der Waals surface area (Å²) in [6, 6.07) is 0.